The summed E-state index contributed by atoms with van der Waals surface area (Å²) in [5.41, 5.74) is 3.57. The van der Waals surface area contributed by atoms with E-state index in [4.69, 9.17) is 4.84 Å². The van der Waals surface area contributed by atoms with Gasteiger partial charge in [-0.3, -0.25) is 4.84 Å². The topological polar surface area (TPSA) is 21.3 Å². The van der Waals surface area contributed by atoms with Crippen LogP contribution in [-0.2, 0) is 4.84 Å². The fourth-order valence-electron chi connectivity index (χ4n) is 3.44. The second-order valence-corrected chi connectivity index (χ2v) is 8.04. The Morgan fingerprint density at radius 3 is 2.35 bits per heavy atom. The zero-order chi connectivity index (χ0) is 15.2. The Morgan fingerprint density at radius 2 is 1.85 bits per heavy atom. The van der Waals surface area contributed by atoms with Gasteiger partial charge in [-0.25, -0.2) is 0 Å². The van der Waals surface area contributed by atoms with Crippen LogP contribution in [0, 0.1) is 17.3 Å². The van der Waals surface area contributed by atoms with Crippen LogP contribution in [0.25, 0.3) is 0 Å². The normalized spacial score (nSPS) is 26.1. The number of unbranched alkanes of at least 4 members (excludes halogenated alkanes) is 1. The summed E-state index contributed by atoms with van der Waals surface area (Å²) in [5, 5.41) is 0. The molecule has 2 unspecified atom stereocenters. The van der Waals surface area contributed by atoms with Crippen LogP contribution in [0.1, 0.15) is 86.5 Å². The Hall–Kier alpha value is -0.0800. The summed E-state index contributed by atoms with van der Waals surface area (Å²) in [7, 11) is 0. The molecule has 20 heavy (non-hydrogen) atoms. The van der Waals surface area contributed by atoms with Gasteiger partial charge in [-0.15, -0.1) is 0 Å². The van der Waals surface area contributed by atoms with Crippen molar-refractivity contribution in [2.45, 2.75) is 98.6 Å². The molecule has 0 radical (unpaired) electrons. The molecular weight excluding hydrogens is 246 g/mol. The standard InChI is InChI=1S/C18H37NO/c1-7-8-9-14(2)10-11-18(5,6)13-15(3)12-17-16(4)20-19-17/h14-17,19H,7-13H2,1-6H3/t14?,15-,16?,17+/m0/s1. The lowest BCUT2D eigenvalue weighted by Crippen LogP contribution is -2.54. The third-order valence-corrected chi connectivity index (χ3v) is 4.89. The van der Waals surface area contributed by atoms with Gasteiger partial charge in [0.25, 0.3) is 0 Å². The van der Waals surface area contributed by atoms with Gasteiger partial charge in [-0.05, 0) is 43.4 Å². The van der Waals surface area contributed by atoms with E-state index >= 15 is 0 Å². The lowest BCUT2D eigenvalue weighted by Gasteiger charge is -2.38. The Balaban J connectivity index is 2.21. The SMILES string of the molecule is CCCCC(C)CCC(C)(C)C[C@@H](C)C[C@H]1NOC1C. The molecule has 1 saturated heterocycles. The van der Waals surface area contributed by atoms with E-state index < -0.39 is 0 Å². The highest BCUT2D eigenvalue weighted by Gasteiger charge is 2.31. The zero-order valence-electron chi connectivity index (χ0n) is 14.7. The Bertz CT molecular complexity index is 264. The molecule has 0 aromatic rings. The highest BCUT2D eigenvalue weighted by Crippen LogP contribution is 2.35. The van der Waals surface area contributed by atoms with Crippen molar-refractivity contribution < 1.29 is 4.84 Å². The molecule has 1 N–H and O–H groups in total. The highest BCUT2D eigenvalue weighted by atomic mass is 16.7. The fraction of sp³-hybridized carbons (Fsp3) is 1.00. The highest BCUT2D eigenvalue weighted by molar-refractivity contribution is 4.81. The van der Waals surface area contributed by atoms with Gasteiger partial charge in [0.2, 0.25) is 0 Å². The largest absolute Gasteiger partial charge is 0.297 e. The van der Waals surface area contributed by atoms with Gasteiger partial charge in [0, 0.05) is 0 Å². The molecule has 0 saturated carbocycles. The molecule has 0 amide bonds. The van der Waals surface area contributed by atoms with Crippen molar-refractivity contribution in [1.29, 1.82) is 0 Å². The van der Waals surface area contributed by atoms with Crippen molar-refractivity contribution >= 4 is 0 Å². The van der Waals surface area contributed by atoms with Gasteiger partial charge < -0.3 is 0 Å². The molecule has 120 valence electrons. The van der Waals surface area contributed by atoms with Crippen LogP contribution < -0.4 is 5.48 Å². The summed E-state index contributed by atoms with van der Waals surface area (Å²) in [4.78, 5) is 5.24. The average molecular weight is 284 g/mol. The number of hydroxylamine groups is 1. The smallest absolute Gasteiger partial charge is 0.0937 e. The molecule has 1 aliphatic rings. The molecule has 0 bridgehead atoms. The van der Waals surface area contributed by atoms with Gasteiger partial charge in [0.05, 0.1) is 12.1 Å². The number of hydrogen-bond donors (Lipinski definition) is 1. The molecule has 1 heterocycles. The van der Waals surface area contributed by atoms with Crippen molar-refractivity contribution in [2.24, 2.45) is 17.3 Å². The quantitative estimate of drug-likeness (QED) is 0.585. The molecule has 0 aromatic heterocycles. The summed E-state index contributed by atoms with van der Waals surface area (Å²) < 4.78 is 0. The van der Waals surface area contributed by atoms with E-state index in [1.54, 1.807) is 0 Å². The molecule has 1 rings (SSSR count). The third-order valence-electron chi connectivity index (χ3n) is 4.89. The maximum absolute atomic E-state index is 5.24. The maximum atomic E-state index is 5.24. The van der Waals surface area contributed by atoms with E-state index in [2.05, 4.69) is 47.0 Å². The minimum Gasteiger partial charge on any atom is -0.297 e. The Kier molecular flexibility index (Phi) is 7.53. The molecule has 4 atom stereocenters. The number of rotatable bonds is 10. The van der Waals surface area contributed by atoms with Gasteiger partial charge in [0.15, 0.2) is 0 Å². The first-order valence-electron chi connectivity index (χ1n) is 8.75. The molecular formula is C18H37NO. The minimum absolute atomic E-state index is 0.398. The summed E-state index contributed by atoms with van der Waals surface area (Å²) in [5.74, 6) is 1.67. The van der Waals surface area contributed by atoms with E-state index in [-0.39, 0.29) is 0 Å². The maximum Gasteiger partial charge on any atom is 0.0937 e. The van der Waals surface area contributed by atoms with Crippen LogP contribution in [0.4, 0.5) is 0 Å². The molecule has 0 spiro atoms. The number of hydrogen-bond acceptors (Lipinski definition) is 2. The van der Waals surface area contributed by atoms with Crippen LogP contribution in [0.3, 0.4) is 0 Å². The van der Waals surface area contributed by atoms with Gasteiger partial charge in [-0.2, -0.15) is 5.48 Å². The molecule has 1 aliphatic heterocycles. The first-order chi connectivity index (χ1) is 9.34. The first-order valence-corrected chi connectivity index (χ1v) is 8.75. The van der Waals surface area contributed by atoms with Crippen LogP contribution in [-0.4, -0.2) is 12.1 Å². The number of nitrogens with one attached hydrogen (secondary N) is 1. The Morgan fingerprint density at radius 1 is 1.15 bits per heavy atom. The van der Waals surface area contributed by atoms with Crippen LogP contribution in [0.2, 0.25) is 0 Å². The van der Waals surface area contributed by atoms with E-state index in [9.17, 15) is 0 Å². The van der Waals surface area contributed by atoms with Crippen LogP contribution in [0.5, 0.6) is 0 Å². The van der Waals surface area contributed by atoms with Crippen molar-refractivity contribution in [3.63, 3.8) is 0 Å². The second kappa shape index (κ2) is 8.38. The summed E-state index contributed by atoms with van der Waals surface area (Å²) in [6, 6.07) is 0.573. The lowest BCUT2D eigenvalue weighted by atomic mass is 9.76. The average Bonchev–Trinajstić information content (AvgIpc) is 2.38. The van der Waals surface area contributed by atoms with Crippen molar-refractivity contribution in [3.05, 3.63) is 0 Å². The summed E-state index contributed by atoms with van der Waals surface area (Å²) in [6.07, 6.45) is 9.86. The summed E-state index contributed by atoms with van der Waals surface area (Å²) in [6.45, 7) is 14.2. The first kappa shape index (κ1) is 18.0. The fourth-order valence-corrected chi connectivity index (χ4v) is 3.44. The molecule has 0 aliphatic carbocycles. The molecule has 2 nitrogen and oxygen atoms in total. The van der Waals surface area contributed by atoms with E-state index in [0.717, 1.165) is 11.8 Å². The van der Waals surface area contributed by atoms with E-state index in [1.807, 2.05) is 0 Å². The predicted molar refractivity (Wildman–Crippen MR) is 87.6 cm³/mol. The van der Waals surface area contributed by atoms with Crippen LogP contribution >= 0.6 is 0 Å². The van der Waals surface area contributed by atoms with Gasteiger partial charge in [0.1, 0.15) is 0 Å². The van der Waals surface area contributed by atoms with Crippen molar-refractivity contribution in [2.75, 3.05) is 0 Å². The molecule has 2 heteroatoms. The Labute approximate surface area is 127 Å². The second-order valence-electron chi connectivity index (χ2n) is 8.04. The van der Waals surface area contributed by atoms with Crippen molar-refractivity contribution in [3.8, 4) is 0 Å². The van der Waals surface area contributed by atoms with Crippen molar-refractivity contribution in [1.82, 2.24) is 5.48 Å². The predicted octanol–water partition coefficient (Wildman–Crippen LogP) is 5.33. The lowest BCUT2D eigenvalue weighted by molar-refractivity contribution is -0.165. The monoisotopic (exact) mass is 283 g/mol. The van der Waals surface area contributed by atoms with Gasteiger partial charge >= 0.3 is 0 Å². The van der Waals surface area contributed by atoms with E-state index in [1.165, 1.54) is 44.9 Å². The van der Waals surface area contributed by atoms with Crippen LogP contribution in [0.15, 0.2) is 0 Å². The molecule has 1 fully saturated rings. The molecule has 0 aromatic carbocycles. The minimum atomic E-state index is 0.398. The third kappa shape index (κ3) is 6.58. The van der Waals surface area contributed by atoms with Gasteiger partial charge in [-0.1, -0.05) is 60.3 Å². The zero-order valence-corrected chi connectivity index (χ0v) is 14.7. The van der Waals surface area contributed by atoms with E-state index in [0.29, 0.717) is 17.6 Å². The summed E-state index contributed by atoms with van der Waals surface area (Å²) >= 11 is 0.